The van der Waals surface area contributed by atoms with Crippen molar-refractivity contribution in [2.75, 3.05) is 6.54 Å². The van der Waals surface area contributed by atoms with E-state index in [1.54, 1.807) is 4.68 Å². The van der Waals surface area contributed by atoms with Gasteiger partial charge in [0.15, 0.2) is 0 Å². The van der Waals surface area contributed by atoms with Gasteiger partial charge in [-0.25, -0.2) is 0 Å². The smallest absolute Gasteiger partial charge is 0.257 e. The Balaban J connectivity index is 2.26. The highest BCUT2D eigenvalue weighted by Gasteiger charge is 2.31. The molecule has 5 heteroatoms. The van der Waals surface area contributed by atoms with Crippen LogP contribution in [0, 0.1) is 0 Å². The minimum atomic E-state index is 0.0194. The minimum absolute atomic E-state index is 0.0194. The van der Waals surface area contributed by atoms with Crippen LogP contribution >= 0.6 is 0 Å². The third-order valence-corrected chi connectivity index (χ3v) is 3.89. The number of aryl methyl sites for hydroxylation is 2. The van der Waals surface area contributed by atoms with Crippen molar-refractivity contribution in [3.63, 3.8) is 0 Å². The summed E-state index contributed by atoms with van der Waals surface area (Å²) in [5.41, 5.74) is 7.64. The van der Waals surface area contributed by atoms with Crippen LogP contribution < -0.4 is 5.73 Å². The van der Waals surface area contributed by atoms with Crippen molar-refractivity contribution in [1.29, 1.82) is 0 Å². The summed E-state index contributed by atoms with van der Waals surface area (Å²) in [6, 6.07) is 0.178. The molecule has 106 valence electrons. The first-order valence-electron chi connectivity index (χ1n) is 7.13. The lowest BCUT2D eigenvalue weighted by atomic mass is 9.96. The van der Waals surface area contributed by atoms with Crippen LogP contribution in [0.4, 0.5) is 0 Å². The Morgan fingerprint density at radius 1 is 1.58 bits per heavy atom. The molecule has 1 aliphatic rings. The maximum atomic E-state index is 12.7. The maximum Gasteiger partial charge on any atom is 0.257 e. The van der Waals surface area contributed by atoms with Crippen molar-refractivity contribution in [3.05, 3.63) is 17.5 Å². The number of rotatable bonds is 3. The monoisotopic (exact) mass is 264 g/mol. The highest BCUT2D eigenvalue weighted by molar-refractivity contribution is 5.95. The van der Waals surface area contributed by atoms with Crippen LogP contribution in [-0.2, 0) is 13.5 Å². The molecular weight excluding hydrogens is 240 g/mol. The summed E-state index contributed by atoms with van der Waals surface area (Å²) in [4.78, 5) is 14.7. The van der Waals surface area contributed by atoms with Crippen molar-refractivity contribution in [2.24, 2.45) is 12.8 Å². The van der Waals surface area contributed by atoms with E-state index in [-0.39, 0.29) is 18.0 Å². The number of aromatic nitrogens is 2. The second kappa shape index (κ2) is 5.74. The first-order valence-corrected chi connectivity index (χ1v) is 7.13. The number of nitrogens with zero attached hydrogens (tertiary/aromatic N) is 3. The van der Waals surface area contributed by atoms with Gasteiger partial charge in [0.05, 0.1) is 11.3 Å². The summed E-state index contributed by atoms with van der Waals surface area (Å²) < 4.78 is 1.72. The molecule has 2 N–H and O–H groups in total. The normalized spacial score (nSPS) is 21.5. The van der Waals surface area contributed by atoms with E-state index in [1.165, 1.54) is 0 Å². The molecule has 1 fully saturated rings. The summed E-state index contributed by atoms with van der Waals surface area (Å²) in [7, 11) is 1.86. The van der Waals surface area contributed by atoms with Crippen LogP contribution in [0.15, 0.2) is 6.20 Å². The zero-order valence-corrected chi connectivity index (χ0v) is 12.1. The Morgan fingerprint density at radius 3 is 2.95 bits per heavy atom. The maximum absolute atomic E-state index is 12.7. The second-order valence-electron chi connectivity index (χ2n) is 5.44. The molecule has 2 unspecified atom stereocenters. The van der Waals surface area contributed by atoms with Gasteiger partial charge in [-0.15, -0.1) is 0 Å². The van der Waals surface area contributed by atoms with Gasteiger partial charge in [-0.1, -0.05) is 6.92 Å². The van der Waals surface area contributed by atoms with E-state index in [2.05, 4.69) is 5.10 Å². The van der Waals surface area contributed by atoms with Gasteiger partial charge in [0.25, 0.3) is 5.91 Å². The molecule has 0 spiro atoms. The lowest BCUT2D eigenvalue weighted by Crippen LogP contribution is -2.51. The molecule has 2 rings (SSSR count). The van der Waals surface area contributed by atoms with E-state index < -0.39 is 0 Å². The van der Waals surface area contributed by atoms with Crippen molar-refractivity contribution in [2.45, 2.75) is 51.6 Å². The van der Waals surface area contributed by atoms with Gasteiger partial charge in [-0.3, -0.25) is 9.48 Å². The van der Waals surface area contributed by atoms with Crippen molar-refractivity contribution in [3.8, 4) is 0 Å². The number of hydrogen-bond donors (Lipinski definition) is 1. The van der Waals surface area contributed by atoms with E-state index in [0.29, 0.717) is 0 Å². The van der Waals surface area contributed by atoms with Gasteiger partial charge >= 0.3 is 0 Å². The molecule has 2 heterocycles. The average molecular weight is 264 g/mol. The molecule has 0 radical (unpaired) electrons. The molecule has 1 amide bonds. The van der Waals surface area contributed by atoms with Crippen LogP contribution in [-0.4, -0.2) is 39.2 Å². The van der Waals surface area contributed by atoms with Crippen LogP contribution in [0.3, 0.4) is 0 Å². The van der Waals surface area contributed by atoms with Gasteiger partial charge in [0.2, 0.25) is 0 Å². The largest absolute Gasteiger partial charge is 0.334 e. The number of piperidine rings is 1. The molecule has 0 bridgehead atoms. The standard InChI is InChI=1S/C14H24N4O/c1-4-12-11(9-17(3)16-12)14(19)18-8-6-5-7-13(18)10(2)15/h9-10,13H,4-8,15H2,1-3H3. The fourth-order valence-electron chi connectivity index (χ4n) is 2.89. The van der Waals surface area contributed by atoms with Crippen molar-refractivity contribution in [1.82, 2.24) is 14.7 Å². The topological polar surface area (TPSA) is 64.2 Å². The van der Waals surface area contributed by atoms with Gasteiger partial charge in [0, 0.05) is 31.9 Å². The molecule has 19 heavy (non-hydrogen) atoms. The predicted molar refractivity (Wildman–Crippen MR) is 74.9 cm³/mol. The average Bonchev–Trinajstić information content (AvgIpc) is 2.79. The Bertz CT molecular complexity index is 452. The van der Waals surface area contributed by atoms with Gasteiger partial charge in [0.1, 0.15) is 0 Å². The molecule has 0 aromatic carbocycles. The third kappa shape index (κ3) is 2.81. The Kier molecular flexibility index (Phi) is 4.24. The summed E-state index contributed by atoms with van der Waals surface area (Å²) in [5, 5.41) is 4.35. The number of hydrogen-bond acceptors (Lipinski definition) is 3. The first-order chi connectivity index (χ1) is 9.04. The van der Waals surface area contributed by atoms with Crippen molar-refractivity contribution >= 4 is 5.91 Å². The van der Waals surface area contributed by atoms with Crippen LogP contribution in [0.2, 0.25) is 0 Å². The summed E-state index contributed by atoms with van der Waals surface area (Å²) in [6.45, 7) is 4.82. The van der Waals surface area contributed by atoms with Crippen molar-refractivity contribution < 1.29 is 4.79 Å². The molecule has 1 aromatic rings. The lowest BCUT2D eigenvalue weighted by molar-refractivity contribution is 0.0582. The van der Waals surface area contributed by atoms with E-state index in [0.717, 1.165) is 43.5 Å². The zero-order chi connectivity index (χ0) is 14.0. The molecule has 5 nitrogen and oxygen atoms in total. The van der Waals surface area contributed by atoms with Gasteiger partial charge < -0.3 is 10.6 Å². The quantitative estimate of drug-likeness (QED) is 0.895. The third-order valence-electron chi connectivity index (χ3n) is 3.89. The number of carbonyl (C=O) groups excluding carboxylic acids is 1. The first kappa shape index (κ1) is 14.1. The summed E-state index contributed by atoms with van der Waals surface area (Å²) >= 11 is 0. The van der Waals surface area contributed by atoms with E-state index >= 15 is 0 Å². The highest BCUT2D eigenvalue weighted by Crippen LogP contribution is 2.22. The minimum Gasteiger partial charge on any atom is -0.334 e. The second-order valence-corrected chi connectivity index (χ2v) is 5.44. The van der Waals surface area contributed by atoms with E-state index in [1.807, 2.05) is 32.0 Å². The predicted octanol–water partition coefficient (Wildman–Crippen LogP) is 1.32. The molecule has 1 aromatic heterocycles. The molecule has 0 aliphatic carbocycles. The Morgan fingerprint density at radius 2 is 2.32 bits per heavy atom. The number of likely N-dealkylation sites (tertiary alicyclic amines) is 1. The number of nitrogens with two attached hydrogens (primary N) is 1. The van der Waals surface area contributed by atoms with Crippen LogP contribution in [0.25, 0.3) is 0 Å². The zero-order valence-electron chi connectivity index (χ0n) is 12.1. The molecule has 2 atom stereocenters. The van der Waals surface area contributed by atoms with E-state index in [9.17, 15) is 4.79 Å². The van der Waals surface area contributed by atoms with Crippen LogP contribution in [0.1, 0.15) is 49.2 Å². The molecule has 1 saturated heterocycles. The van der Waals surface area contributed by atoms with E-state index in [4.69, 9.17) is 5.73 Å². The number of carbonyl (C=O) groups is 1. The summed E-state index contributed by atoms with van der Waals surface area (Å²) in [5.74, 6) is 0.0898. The Labute approximate surface area is 114 Å². The SMILES string of the molecule is CCc1nn(C)cc1C(=O)N1CCCCC1C(C)N. The molecule has 0 saturated carbocycles. The molecular formula is C14H24N4O. The highest BCUT2D eigenvalue weighted by atomic mass is 16.2. The Hall–Kier alpha value is -1.36. The van der Waals surface area contributed by atoms with Crippen LogP contribution in [0.5, 0.6) is 0 Å². The fraction of sp³-hybridized carbons (Fsp3) is 0.714. The summed E-state index contributed by atoms with van der Waals surface area (Å²) in [6.07, 6.45) is 5.83. The van der Waals surface area contributed by atoms with Gasteiger partial charge in [-0.05, 0) is 32.6 Å². The lowest BCUT2D eigenvalue weighted by Gasteiger charge is -2.38. The fourth-order valence-corrected chi connectivity index (χ4v) is 2.89. The van der Waals surface area contributed by atoms with Gasteiger partial charge in [-0.2, -0.15) is 5.10 Å². The molecule has 1 aliphatic heterocycles. The number of amides is 1.